The molecule has 20 heavy (non-hydrogen) atoms. The molecule has 0 amide bonds. The monoisotopic (exact) mass is 290 g/mol. The first-order chi connectivity index (χ1) is 9.45. The lowest BCUT2D eigenvalue weighted by molar-refractivity contribution is 0.0696. The predicted octanol–water partition coefficient (Wildman–Crippen LogP) is 4.43. The first kappa shape index (κ1) is 14.6. The van der Waals surface area contributed by atoms with Crippen molar-refractivity contribution in [3.63, 3.8) is 0 Å². The molecule has 0 heterocycles. The van der Waals surface area contributed by atoms with E-state index in [1.807, 2.05) is 13.8 Å². The maximum Gasteiger partial charge on any atom is 0.335 e. The van der Waals surface area contributed by atoms with Gasteiger partial charge >= 0.3 is 5.97 Å². The van der Waals surface area contributed by atoms with E-state index in [0.29, 0.717) is 10.6 Å². The summed E-state index contributed by atoms with van der Waals surface area (Å²) < 4.78 is 13.7. The van der Waals surface area contributed by atoms with Gasteiger partial charge in [-0.05, 0) is 37.6 Å². The molecule has 0 saturated heterocycles. The molecule has 0 aliphatic rings. The zero-order valence-electron chi connectivity index (χ0n) is 11.3. The van der Waals surface area contributed by atoms with Crippen LogP contribution < -0.4 is 0 Å². The molecule has 0 saturated carbocycles. The maximum absolute atomic E-state index is 13.7. The second kappa shape index (κ2) is 6.09. The van der Waals surface area contributed by atoms with Crippen LogP contribution in [0.4, 0.5) is 4.39 Å². The van der Waals surface area contributed by atoms with Crippen LogP contribution in [0.25, 0.3) is 0 Å². The number of hydrogen-bond donors (Lipinski definition) is 1. The fourth-order valence-corrected chi connectivity index (χ4v) is 2.97. The van der Waals surface area contributed by atoms with Crippen LogP contribution in [0.2, 0.25) is 0 Å². The fourth-order valence-electron chi connectivity index (χ4n) is 2.06. The quantitative estimate of drug-likeness (QED) is 0.846. The number of thioether (sulfide) groups is 1. The lowest BCUT2D eigenvalue weighted by Crippen LogP contribution is -1.97. The van der Waals surface area contributed by atoms with Gasteiger partial charge in [-0.15, -0.1) is 11.8 Å². The third-order valence-corrected chi connectivity index (χ3v) is 3.96. The fraction of sp³-hybridized carbons (Fsp3) is 0.188. The Labute approximate surface area is 121 Å². The lowest BCUT2D eigenvalue weighted by Gasteiger charge is -2.07. The van der Waals surface area contributed by atoms with Crippen molar-refractivity contribution in [2.75, 3.05) is 0 Å². The second-order valence-electron chi connectivity index (χ2n) is 4.73. The van der Waals surface area contributed by atoms with Crippen LogP contribution in [-0.4, -0.2) is 11.1 Å². The van der Waals surface area contributed by atoms with Gasteiger partial charge in [-0.25, -0.2) is 9.18 Å². The molecule has 0 fully saturated rings. The zero-order chi connectivity index (χ0) is 14.7. The molecule has 0 atom stereocenters. The SMILES string of the molecule is Cc1cc(C)cc(CSc2cc(C(=O)O)ccc2F)c1. The molecule has 104 valence electrons. The molecule has 0 aromatic heterocycles. The van der Waals surface area contributed by atoms with Crippen molar-refractivity contribution in [3.8, 4) is 0 Å². The summed E-state index contributed by atoms with van der Waals surface area (Å²) in [5, 5.41) is 8.93. The van der Waals surface area contributed by atoms with Gasteiger partial charge in [0.2, 0.25) is 0 Å². The van der Waals surface area contributed by atoms with E-state index in [2.05, 4.69) is 18.2 Å². The topological polar surface area (TPSA) is 37.3 Å². The number of carboxylic acids is 1. The third kappa shape index (κ3) is 3.61. The molecule has 2 aromatic rings. The van der Waals surface area contributed by atoms with E-state index in [0.717, 1.165) is 5.56 Å². The minimum atomic E-state index is -1.04. The highest BCUT2D eigenvalue weighted by Gasteiger charge is 2.09. The van der Waals surface area contributed by atoms with Gasteiger partial charge in [-0.3, -0.25) is 0 Å². The average molecular weight is 290 g/mol. The maximum atomic E-state index is 13.7. The Kier molecular flexibility index (Phi) is 4.45. The van der Waals surface area contributed by atoms with E-state index < -0.39 is 5.97 Å². The van der Waals surface area contributed by atoms with Crippen LogP contribution in [-0.2, 0) is 5.75 Å². The van der Waals surface area contributed by atoms with Gasteiger partial charge in [0.1, 0.15) is 5.82 Å². The van der Waals surface area contributed by atoms with Crippen LogP contribution >= 0.6 is 11.8 Å². The molecule has 0 aliphatic carbocycles. The van der Waals surface area contributed by atoms with Crippen molar-refractivity contribution in [3.05, 3.63) is 64.5 Å². The Hall–Kier alpha value is -1.81. The van der Waals surface area contributed by atoms with Gasteiger partial charge in [-0.1, -0.05) is 29.3 Å². The lowest BCUT2D eigenvalue weighted by atomic mass is 10.1. The molecule has 0 radical (unpaired) electrons. The molecule has 2 nitrogen and oxygen atoms in total. The first-order valence-corrected chi connectivity index (χ1v) is 7.17. The van der Waals surface area contributed by atoms with E-state index in [1.54, 1.807) is 0 Å². The summed E-state index contributed by atoms with van der Waals surface area (Å²) in [7, 11) is 0. The minimum Gasteiger partial charge on any atom is -0.478 e. The van der Waals surface area contributed by atoms with Crippen molar-refractivity contribution in [2.24, 2.45) is 0 Å². The van der Waals surface area contributed by atoms with Crippen LogP contribution in [0.1, 0.15) is 27.0 Å². The van der Waals surface area contributed by atoms with E-state index in [9.17, 15) is 9.18 Å². The Morgan fingerprint density at radius 1 is 1.15 bits per heavy atom. The zero-order valence-corrected chi connectivity index (χ0v) is 12.1. The molecule has 0 unspecified atom stereocenters. The van der Waals surface area contributed by atoms with Crippen molar-refractivity contribution in [1.29, 1.82) is 0 Å². The van der Waals surface area contributed by atoms with E-state index in [-0.39, 0.29) is 11.4 Å². The molecule has 0 aliphatic heterocycles. The summed E-state index contributed by atoms with van der Waals surface area (Å²) in [5.74, 6) is -0.815. The third-order valence-electron chi connectivity index (χ3n) is 2.85. The second-order valence-corrected chi connectivity index (χ2v) is 5.75. The van der Waals surface area contributed by atoms with Gasteiger partial charge in [0.25, 0.3) is 0 Å². The molecular formula is C16H15FO2S. The Morgan fingerprint density at radius 3 is 2.40 bits per heavy atom. The Bertz CT molecular complexity index is 633. The van der Waals surface area contributed by atoms with E-state index in [4.69, 9.17) is 5.11 Å². The molecule has 1 N–H and O–H groups in total. The molecule has 0 bridgehead atoms. The summed E-state index contributed by atoms with van der Waals surface area (Å²) in [4.78, 5) is 11.3. The van der Waals surface area contributed by atoms with Crippen molar-refractivity contribution in [2.45, 2.75) is 24.5 Å². The summed E-state index contributed by atoms with van der Waals surface area (Å²) in [6, 6.07) is 10.1. The molecule has 4 heteroatoms. The number of aryl methyl sites for hydroxylation is 2. The highest BCUT2D eigenvalue weighted by atomic mass is 32.2. The summed E-state index contributed by atoms with van der Waals surface area (Å²) in [6.07, 6.45) is 0. The number of hydrogen-bond acceptors (Lipinski definition) is 2. The highest BCUT2D eigenvalue weighted by Crippen LogP contribution is 2.27. The Morgan fingerprint density at radius 2 is 1.80 bits per heavy atom. The molecular weight excluding hydrogens is 275 g/mol. The molecule has 2 rings (SSSR count). The summed E-state index contributed by atoms with van der Waals surface area (Å²) in [6.45, 7) is 4.04. The van der Waals surface area contributed by atoms with Crippen molar-refractivity contribution in [1.82, 2.24) is 0 Å². The number of halogens is 1. The number of carbonyl (C=O) groups is 1. The number of benzene rings is 2. The highest BCUT2D eigenvalue weighted by molar-refractivity contribution is 7.98. The normalized spacial score (nSPS) is 10.6. The smallest absolute Gasteiger partial charge is 0.335 e. The van der Waals surface area contributed by atoms with Gasteiger partial charge in [0, 0.05) is 10.6 Å². The van der Waals surface area contributed by atoms with E-state index >= 15 is 0 Å². The number of aromatic carboxylic acids is 1. The standard InChI is InChI=1S/C16H15FO2S/c1-10-5-11(2)7-12(6-10)9-20-15-8-13(16(18)19)3-4-14(15)17/h3-8H,9H2,1-2H3,(H,18,19). The van der Waals surface area contributed by atoms with Crippen LogP contribution in [0, 0.1) is 19.7 Å². The Balaban J connectivity index is 2.18. The molecule has 0 spiro atoms. The number of carboxylic acid groups (broad SMARTS) is 1. The van der Waals surface area contributed by atoms with Gasteiger partial charge in [-0.2, -0.15) is 0 Å². The minimum absolute atomic E-state index is 0.106. The summed E-state index contributed by atoms with van der Waals surface area (Å²) in [5.41, 5.74) is 3.54. The van der Waals surface area contributed by atoms with Gasteiger partial charge in [0.15, 0.2) is 0 Å². The van der Waals surface area contributed by atoms with Gasteiger partial charge in [0.05, 0.1) is 5.56 Å². The van der Waals surface area contributed by atoms with Crippen molar-refractivity contribution >= 4 is 17.7 Å². The van der Waals surface area contributed by atoms with Crippen LogP contribution in [0.3, 0.4) is 0 Å². The van der Waals surface area contributed by atoms with Crippen molar-refractivity contribution < 1.29 is 14.3 Å². The molecule has 2 aromatic carbocycles. The van der Waals surface area contributed by atoms with Gasteiger partial charge < -0.3 is 5.11 Å². The van der Waals surface area contributed by atoms with Crippen LogP contribution in [0.5, 0.6) is 0 Å². The largest absolute Gasteiger partial charge is 0.478 e. The average Bonchev–Trinajstić information content (AvgIpc) is 2.36. The van der Waals surface area contributed by atoms with E-state index in [1.165, 1.54) is 41.1 Å². The predicted molar refractivity (Wildman–Crippen MR) is 78.8 cm³/mol. The first-order valence-electron chi connectivity index (χ1n) is 6.18. The summed E-state index contributed by atoms with van der Waals surface area (Å²) >= 11 is 1.31. The van der Waals surface area contributed by atoms with Crippen LogP contribution in [0.15, 0.2) is 41.3 Å². The number of rotatable bonds is 4.